The van der Waals surface area contributed by atoms with Crippen molar-refractivity contribution in [2.45, 2.75) is 38.3 Å². The summed E-state index contributed by atoms with van der Waals surface area (Å²) in [7, 11) is 1.82. The van der Waals surface area contributed by atoms with Crippen molar-refractivity contribution in [2.75, 3.05) is 7.05 Å². The second-order valence-electron chi connectivity index (χ2n) is 5.35. The van der Waals surface area contributed by atoms with Gasteiger partial charge in [-0.05, 0) is 30.4 Å². The molecule has 2 N–H and O–H groups in total. The van der Waals surface area contributed by atoms with Gasteiger partial charge in [0.2, 0.25) is 0 Å². The molecule has 2 fully saturated rings. The lowest BCUT2D eigenvalue weighted by Crippen LogP contribution is -2.39. The van der Waals surface area contributed by atoms with E-state index in [0.717, 1.165) is 23.6 Å². The van der Waals surface area contributed by atoms with Crippen molar-refractivity contribution in [3.8, 4) is 0 Å². The molecule has 4 nitrogen and oxygen atoms in total. The minimum Gasteiger partial charge on any atom is -0.467 e. The van der Waals surface area contributed by atoms with Crippen molar-refractivity contribution in [1.29, 1.82) is 0 Å². The fourth-order valence-corrected chi connectivity index (χ4v) is 2.72. The Bertz CT molecular complexity index is 414. The molecule has 19 heavy (non-hydrogen) atoms. The largest absolute Gasteiger partial charge is 0.467 e. The van der Waals surface area contributed by atoms with Gasteiger partial charge in [-0.15, -0.1) is 24.0 Å². The molecule has 0 bridgehead atoms. The summed E-state index contributed by atoms with van der Waals surface area (Å²) in [6, 6.07) is 4.51. The molecule has 0 amide bonds. The molecular weight excluding hydrogens is 353 g/mol. The molecule has 106 valence electrons. The minimum atomic E-state index is 0. The first-order chi connectivity index (χ1) is 8.86. The zero-order valence-corrected chi connectivity index (χ0v) is 13.6. The monoisotopic (exact) mass is 375 g/mol. The van der Waals surface area contributed by atoms with Crippen molar-refractivity contribution in [1.82, 2.24) is 10.6 Å². The van der Waals surface area contributed by atoms with Gasteiger partial charge in [0.05, 0.1) is 12.8 Å². The van der Waals surface area contributed by atoms with Crippen molar-refractivity contribution in [3.05, 3.63) is 24.2 Å². The number of nitrogens with one attached hydrogen (secondary N) is 2. The van der Waals surface area contributed by atoms with Gasteiger partial charge in [-0.2, -0.15) is 0 Å². The van der Waals surface area contributed by atoms with Crippen LogP contribution in [0.15, 0.2) is 27.8 Å². The maximum absolute atomic E-state index is 5.29. The summed E-state index contributed by atoms with van der Waals surface area (Å²) in [6.07, 6.45) is 7.30. The Morgan fingerprint density at radius 3 is 2.89 bits per heavy atom. The fourth-order valence-electron chi connectivity index (χ4n) is 2.72. The van der Waals surface area contributed by atoms with Crippen LogP contribution in [0.25, 0.3) is 0 Å². The minimum absolute atomic E-state index is 0. The molecule has 0 spiro atoms. The SMILES string of the molecule is CN=C(NCc1ccco1)N[C@@H]1C[C@H]1C1CCC1.I. The Morgan fingerprint density at radius 1 is 1.47 bits per heavy atom. The van der Waals surface area contributed by atoms with Gasteiger partial charge in [0.25, 0.3) is 0 Å². The normalized spacial score (nSPS) is 26.3. The molecule has 1 aromatic rings. The highest BCUT2D eigenvalue weighted by molar-refractivity contribution is 14.0. The van der Waals surface area contributed by atoms with Gasteiger partial charge in [0.1, 0.15) is 5.76 Å². The summed E-state index contributed by atoms with van der Waals surface area (Å²) in [5.74, 6) is 3.69. The van der Waals surface area contributed by atoms with Gasteiger partial charge in [0.15, 0.2) is 5.96 Å². The van der Waals surface area contributed by atoms with E-state index in [9.17, 15) is 0 Å². The molecule has 0 saturated heterocycles. The van der Waals surface area contributed by atoms with E-state index >= 15 is 0 Å². The third kappa shape index (κ3) is 3.64. The Morgan fingerprint density at radius 2 is 2.32 bits per heavy atom. The van der Waals surface area contributed by atoms with Crippen LogP contribution >= 0.6 is 24.0 Å². The van der Waals surface area contributed by atoms with Gasteiger partial charge in [-0.1, -0.05) is 19.3 Å². The van der Waals surface area contributed by atoms with Crippen LogP contribution < -0.4 is 10.6 Å². The van der Waals surface area contributed by atoms with Crippen LogP contribution in [0.2, 0.25) is 0 Å². The van der Waals surface area contributed by atoms with E-state index in [-0.39, 0.29) is 24.0 Å². The highest BCUT2D eigenvalue weighted by Gasteiger charge is 2.45. The molecular formula is C14H22IN3O. The molecule has 0 unspecified atom stereocenters. The zero-order chi connectivity index (χ0) is 12.4. The Kier molecular flexibility index (Phi) is 5.13. The summed E-state index contributed by atoms with van der Waals surface area (Å²) in [5.41, 5.74) is 0. The van der Waals surface area contributed by atoms with E-state index in [1.165, 1.54) is 25.7 Å². The summed E-state index contributed by atoms with van der Waals surface area (Å²) in [4.78, 5) is 4.26. The van der Waals surface area contributed by atoms with Gasteiger partial charge in [0, 0.05) is 13.1 Å². The number of aliphatic imine (C=N–C) groups is 1. The van der Waals surface area contributed by atoms with Gasteiger partial charge < -0.3 is 15.1 Å². The molecule has 2 aliphatic carbocycles. The van der Waals surface area contributed by atoms with Crippen LogP contribution in [-0.2, 0) is 6.54 Å². The van der Waals surface area contributed by atoms with E-state index in [1.54, 1.807) is 6.26 Å². The van der Waals surface area contributed by atoms with E-state index < -0.39 is 0 Å². The highest BCUT2D eigenvalue weighted by atomic mass is 127. The van der Waals surface area contributed by atoms with Crippen molar-refractivity contribution in [2.24, 2.45) is 16.8 Å². The molecule has 3 rings (SSSR count). The van der Waals surface area contributed by atoms with Crippen molar-refractivity contribution >= 4 is 29.9 Å². The fraction of sp³-hybridized carbons (Fsp3) is 0.643. The van der Waals surface area contributed by atoms with Crippen LogP contribution in [0.5, 0.6) is 0 Å². The Balaban J connectivity index is 0.00000133. The van der Waals surface area contributed by atoms with Crippen LogP contribution in [-0.4, -0.2) is 19.0 Å². The lowest BCUT2D eigenvalue weighted by molar-refractivity contribution is 0.271. The number of nitrogens with zero attached hydrogens (tertiary/aromatic N) is 1. The molecule has 2 saturated carbocycles. The average molecular weight is 375 g/mol. The standard InChI is InChI=1S/C14H21N3O.HI/c1-15-14(16-9-11-6-3-7-18-11)17-13-8-12(13)10-4-2-5-10;/h3,6-7,10,12-13H,2,4-5,8-9H2,1H3,(H2,15,16,17);1H/t12-,13+;/m0./s1. The van der Waals surface area contributed by atoms with E-state index in [0.29, 0.717) is 12.6 Å². The molecule has 5 heteroatoms. The van der Waals surface area contributed by atoms with Crippen LogP contribution in [0.1, 0.15) is 31.4 Å². The maximum atomic E-state index is 5.29. The molecule has 0 aliphatic heterocycles. The summed E-state index contributed by atoms with van der Waals surface area (Å²) in [6.45, 7) is 0.688. The second-order valence-corrected chi connectivity index (χ2v) is 5.35. The lowest BCUT2D eigenvalue weighted by atomic mass is 9.81. The molecule has 2 atom stereocenters. The smallest absolute Gasteiger partial charge is 0.191 e. The highest BCUT2D eigenvalue weighted by Crippen LogP contribution is 2.46. The zero-order valence-electron chi connectivity index (χ0n) is 11.3. The lowest BCUT2D eigenvalue weighted by Gasteiger charge is -2.25. The first-order valence-electron chi connectivity index (χ1n) is 6.86. The van der Waals surface area contributed by atoms with E-state index in [1.807, 2.05) is 19.2 Å². The van der Waals surface area contributed by atoms with E-state index in [4.69, 9.17) is 4.42 Å². The van der Waals surface area contributed by atoms with Crippen LogP contribution in [0.3, 0.4) is 0 Å². The van der Waals surface area contributed by atoms with Gasteiger partial charge in [-0.25, -0.2) is 0 Å². The number of halogens is 1. The molecule has 2 aliphatic rings. The summed E-state index contributed by atoms with van der Waals surface area (Å²) >= 11 is 0. The van der Waals surface area contributed by atoms with Crippen LogP contribution in [0, 0.1) is 11.8 Å². The molecule has 0 aromatic carbocycles. The van der Waals surface area contributed by atoms with Gasteiger partial charge >= 0.3 is 0 Å². The third-order valence-corrected chi connectivity index (χ3v) is 4.15. The maximum Gasteiger partial charge on any atom is 0.191 e. The third-order valence-electron chi connectivity index (χ3n) is 4.15. The number of rotatable bonds is 4. The molecule has 1 aromatic heterocycles. The van der Waals surface area contributed by atoms with Gasteiger partial charge in [-0.3, -0.25) is 4.99 Å². The molecule has 1 heterocycles. The first kappa shape index (κ1) is 14.7. The second kappa shape index (κ2) is 6.63. The van der Waals surface area contributed by atoms with E-state index in [2.05, 4.69) is 15.6 Å². The number of furan rings is 1. The van der Waals surface area contributed by atoms with Crippen LogP contribution in [0.4, 0.5) is 0 Å². The predicted molar refractivity (Wildman–Crippen MR) is 86.7 cm³/mol. The number of guanidine groups is 1. The quantitative estimate of drug-likeness (QED) is 0.484. The average Bonchev–Trinajstić information content (AvgIpc) is 2.86. The summed E-state index contributed by atoms with van der Waals surface area (Å²) < 4.78 is 5.29. The first-order valence-corrected chi connectivity index (χ1v) is 6.86. The summed E-state index contributed by atoms with van der Waals surface area (Å²) in [5, 5.41) is 6.78. The molecule has 0 radical (unpaired) electrons. The Labute approximate surface area is 131 Å². The number of hydrogen-bond donors (Lipinski definition) is 2. The Hall–Kier alpha value is -0.720. The topological polar surface area (TPSA) is 49.6 Å². The van der Waals surface area contributed by atoms with Crippen molar-refractivity contribution in [3.63, 3.8) is 0 Å². The number of hydrogen-bond acceptors (Lipinski definition) is 2. The van der Waals surface area contributed by atoms with Crippen molar-refractivity contribution < 1.29 is 4.42 Å². The predicted octanol–water partition coefficient (Wildman–Crippen LogP) is 2.75.